The molecule has 0 spiro atoms. The van der Waals surface area contributed by atoms with E-state index < -0.39 is 5.97 Å². The summed E-state index contributed by atoms with van der Waals surface area (Å²) in [4.78, 5) is 27.5. The van der Waals surface area contributed by atoms with E-state index in [1.807, 2.05) is 19.1 Å². The van der Waals surface area contributed by atoms with Gasteiger partial charge in [0.1, 0.15) is 0 Å². The number of nitrogens with one attached hydrogen (secondary N) is 1. The Kier molecular flexibility index (Phi) is 4.50. The lowest BCUT2D eigenvalue weighted by Gasteiger charge is -2.08. The Morgan fingerprint density at radius 1 is 1.45 bits per heavy atom. The van der Waals surface area contributed by atoms with Gasteiger partial charge in [0.15, 0.2) is 0 Å². The highest BCUT2D eigenvalue weighted by atomic mass is 16.5. The fourth-order valence-electron chi connectivity index (χ4n) is 1.91. The first-order chi connectivity index (χ1) is 9.61. The minimum Gasteiger partial charge on any atom is -0.466 e. The number of methoxy groups -OCH3 is 1. The molecule has 0 aromatic carbocycles. The molecule has 1 aromatic rings. The summed E-state index contributed by atoms with van der Waals surface area (Å²) in [6, 6.07) is 3.65. The number of pyridine rings is 1. The number of hydrogen-bond donors (Lipinski definition) is 1. The smallest absolute Gasteiger partial charge is 0.330 e. The summed E-state index contributed by atoms with van der Waals surface area (Å²) in [5, 5.41) is 2.75. The van der Waals surface area contributed by atoms with Gasteiger partial charge in [-0.25, -0.2) is 4.79 Å². The van der Waals surface area contributed by atoms with Crippen molar-refractivity contribution in [2.75, 3.05) is 13.7 Å². The predicted octanol–water partition coefficient (Wildman–Crippen LogP) is 1.73. The van der Waals surface area contributed by atoms with Gasteiger partial charge in [-0.1, -0.05) is 6.08 Å². The Morgan fingerprint density at radius 2 is 2.20 bits per heavy atom. The fourth-order valence-corrected chi connectivity index (χ4v) is 1.91. The van der Waals surface area contributed by atoms with Crippen molar-refractivity contribution in [3.8, 4) is 0 Å². The lowest BCUT2D eigenvalue weighted by molar-refractivity contribution is -0.134. The third kappa shape index (κ3) is 3.66. The van der Waals surface area contributed by atoms with Crippen LogP contribution in [0.25, 0.3) is 0 Å². The van der Waals surface area contributed by atoms with E-state index in [-0.39, 0.29) is 12.5 Å². The Bertz CT molecular complexity index is 548. The second-order valence-corrected chi connectivity index (χ2v) is 4.80. The van der Waals surface area contributed by atoms with E-state index in [2.05, 4.69) is 15.0 Å². The van der Waals surface area contributed by atoms with Crippen LogP contribution in [0, 0.1) is 6.92 Å². The molecule has 1 N–H and O–H groups in total. The molecule has 5 heteroatoms. The van der Waals surface area contributed by atoms with Gasteiger partial charge in [0, 0.05) is 24.2 Å². The molecule has 1 aliphatic rings. The second kappa shape index (κ2) is 6.32. The molecular weight excluding hydrogens is 256 g/mol. The summed E-state index contributed by atoms with van der Waals surface area (Å²) in [7, 11) is 1.31. The molecule has 0 bridgehead atoms. The average Bonchev–Trinajstić information content (AvgIpc) is 3.27. The number of amides is 1. The van der Waals surface area contributed by atoms with Crippen LogP contribution in [-0.2, 0) is 9.53 Å². The Balaban J connectivity index is 1.99. The quantitative estimate of drug-likeness (QED) is 0.656. The third-order valence-electron chi connectivity index (χ3n) is 3.11. The van der Waals surface area contributed by atoms with Crippen molar-refractivity contribution in [1.82, 2.24) is 10.3 Å². The monoisotopic (exact) mass is 274 g/mol. The third-order valence-corrected chi connectivity index (χ3v) is 3.11. The van der Waals surface area contributed by atoms with Gasteiger partial charge in [0.2, 0.25) is 0 Å². The Labute approximate surface area is 118 Å². The number of hydrogen-bond acceptors (Lipinski definition) is 4. The first kappa shape index (κ1) is 14.2. The molecule has 1 aliphatic carbocycles. The van der Waals surface area contributed by atoms with Gasteiger partial charge in [0.05, 0.1) is 18.4 Å². The number of nitrogens with zero attached hydrogens (tertiary/aromatic N) is 1. The molecule has 1 heterocycles. The van der Waals surface area contributed by atoms with E-state index in [9.17, 15) is 9.59 Å². The van der Waals surface area contributed by atoms with Crippen LogP contribution in [0.15, 0.2) is 24.3 Å². The van der Waals surface area contributed by atoms with E-state index in [0.717, 1.165) is 24.2 Å². The van der Waals surface area contributed by atoms with E-state index >= 15 is 0 Å². The lowest BCUT2D eigenvalue weighted by Crippen LogP contribution is -2.25. The SMILES string of the molecule is COC(=O)/C=C/CNC(=O)c1ccc(C)nc1C1CC1. The largest absolute Gasteiger partial charge is 0.466 e. The van der Waals surface area contributed by atoms with Crippen molar-refractivity contribution >= 4 is 11.9 Å². The number of carbonyl (C=O) groups is 2. The minimum atomic E-state index is -0.435. The molecule has 1 amide bonds. The van der Waals surface area contributed by atoms with Gasteiger partial charge >= 0.3 is 5.97 Å². The van der Waals surface area contributed by atoms with E-state index in [0.29, 0.717) is 11.5 Å². The van der Waals surface area contributed by atoms with Crippen LogP contribution in [0.2, 0.25) is 0 Å². The predicted molar refractivity (Wildman–Crippen MR) is 74.4 cm³/mol. The molecule has 1 saturated carbocycles. The van der Waals surface area contributed by atoms with Crippen LogP contribution in [0.1, 0.15) is 40.5 Å². The minimum absolute atomic E-state index is 0.158. The van der Waals surface area contributed by atoms with Crippen molar-refractivity contribution in [3.63, 3.8) is 0 Å². The zero-order valence-electron chi connectivity index (χ0n) is 11.7. The number of aromatic nitrogens is 1. The van der Waals surface area contributed by atoms with Gasteiger partial charge in [0.25, 0.3) is 5.91 Å². The second-order valence-electron chi connectivity index (χ2n) is 4.80. The molecule has 1 aromatic heterocycles. The van der Waals surface area contributed by atoms with Gasteiger partial charge < -0.3 is 10.1 Å². The lowest BCUT2D eigenvalue weighted by atomic mass is 10.1. The maximum absolute atomic E-state index is 12.1. The molecule has 2 rings (SSSR count). The van der Waals surface area contributed by atoms with Crippen LogP contribution in [0.4, 0.5) is 0 Å². The van der Waals surface area contributed by atoms with Gasteiger partial charge in [-0.15, -0.1) is 0 Å². The number of esters is 1. The first-order valence-corrected chi connectivity index (χ1v) is 6.62. The molecule has 106 valence electrons. The molecule has 5 nitrogen and oxygen atoms in total. The van der Waals surface area contributed by atoms with Crippen molar-refractivity contribution < 1.29 is 14.3 Å². The molecular formula is C15H18N2O3. The summed E-state index contributed by atoms with van der Waals surface area (Å²) in [5.41, 5.74) is 2.44. The van der Waals surface area contributed by atoms with Gasteiger partial charge in [-0.2, -0.15) is 0 Å². The zero-order valence-corrected chi connectivity index (χ0v) is 11.7. The van der Waals surface area contributed by atoms with Gasteiger partial charge in [-0.3, -0.25) is 9.78 Å². The summed E-state index contributed by atoms with van der Waals surface area (Å²) in [5.74, 6) is -0.176. The molecule has 0 saturated heterocycles. The summed E-state index contributed by atoms with van der Waals surface area (Å²) in [6.45, 7) is 2.21. The van der Waals surface area contributed by atoms with E-state index in [4.69, 9.17) is 0 Å². The zero-order chi connectivity index (χ0) is 14.5. The molecule has 1 fully saturated rings. The van der Waals surface area contributed by atoms with E-state index in [1.54, 1.807) is 6.08 Å². The molecule has 0 aliphatic heterocycles. The molecule has 0 atom stereocenters. The molecule has 0 radical (unpaired) electrons. The average molecular weight is 274 g/mol. The Morgan fingerprint density at radius 3 is 2.85 bits per heavy atom. The highest BCUT2D eigenvalue weighted by molar-refractivity contribution is 5.95. The normalized spacial score (nSPS) is 14.3. The maximum atomic E-state index is 12.1. The van der Waals surface area contributed by atoms with E-state index in [1.165, 1.54) is 13.2 Å². The highest BCUT2D eigenvalue weighted by Crippen LogP contribution is 2.40. The van der Waals surface area contributed by atoms with Crippen molar-refractivity contribution in [1.29, 1.82) is 0 Å². The van der Waals surface area contributed by atoms with Gasteiger partial charge in [-0.05, 0) is 31.9 Å². The van der Waals surface area contributed by atoms with Crippen molar-refractivity contribution in [2.45, 2.75) is 25.7 Å². The standard InChI is InChI=1S/C15H18N2O3/c1-10-5-8-12(14(17-10)11-6-7-11)15(19)16-9-3-4-13(18)20-2/h3-5,8,11H,6-7,9H2,1-2H3,(H,16,19)/b4-3+. The molecule has 0 unspecified atom stereocenters. The summed E-state index contributed by atoms with van der Waals surface area (Å²) in [6.07, 6.45) is 5.04. The highest BCUT2D eigenvalue weighted by Gasteiger charge is 2.29. The van der Waals surface area contributed by atoms with Crippen molar-refractivity contribution in [2.24, 2.45) is 0 Å². The number of carbonyl (C=O) groups excluding carboxylic acids is 2. The van der Waals surface area contributed by atoms with Crippen molar-refractivity contribution in [3.05, 3.63) is 41.2 Å². The fraction of sp³-hybridized carbons (Fsp3) is 0.400. The maximum Gasteiger partial charge on any atom is 0.330 e. The number of ether oxygens (including phenoxy) is 1. The van der Waals surface area contributed by atoms with Crippen LogP contribution in [0.3, 0.4) is 0 Å². The number of aryl methyl sites for hydroxylation is 1. The molecule has 20 heavy (non-hydrogen) atoms. The van der Waals surface area contributed by atoms with Crippen LogP contribution in [0.5, 0.6) is 0 Å². The number of rotatable bonds is 5. The van der Waals surface area contributed by atoms with Crippen LogP contribution < -0.4 is 5.32 Å². The Hall–Kier alpha value is -2.17. The first-order valence-electron chi connectivity index (χ1n) is 6.62. The summed E-state index contributed by atoms with van der Waals surface area (Å²) < 4.78 is 4.47. The topological polar surface area (TPSA) is 68.3 Å². The van der Waals surface area contributed by atoms with Crippen LogP contribution >= 0.6 is 0 Å². The van der Waals surface area contributed by atoms with Crippen LogP contribution in [-0.4, -0.2) is 30.5 Å². The summed E-state index contributed by atoms with van der Waals surface area (Å²) >= 11 is 0.